The topological polar surface area (TPSA) is 61.9 Å². The largest absolute Gasteiger partial charge is 0.379 e. The Balaban J connectivity index is 1.24. The van der Waals surface area contributed by atoms with Crippen molar-refractivity contribution in [2.45, 2.75) is 26.1 Å². The van der Waals surface area contributed by atoms with E-state index in [0.717, 1.165) is 44.0 Å². The third-order valence-corrected chi connectivity index (χ3v) is 5.80. The van der Waals surface area contributed by atoms with Crippen LogP contribution in [0.5, 0.6) is 0 Å². The Morgan fingerprint density at radius 3 is 2.33 bits per heavy atom. The van der Waals surface area contributed by atoms with Gasteiger partial charge in [0.1, 0.15) is 0 Å². The monoisotopic (exact) mass is 407 g/mol. The SMILES string of the molecule is O=C(NCc1ccc(CN2CCOCC2)cc1)[C@@H]1CC(=O)N(Cc2ccccc2)C1. The molecule has 6 heteroatoms. The predicted molar refractivity (Wildman–Crippen MR) is 114 cm³/mol. The van der Waals surface area contributed by atoms with Crippen LogP contribution in [0, 0.1) is 5.92 Å². The molecule has 2 aromatic carbocycles. The molecule has 4 rings (SSSR count). The van der Waals surface area contributed by atoms with Crippen LogP contribution in [0.3, 0.4) is 0 Å². The molecule has 2 saturated heterocycles. The van der Waals surface area contributed by atoms with E-state index >= 15 is 0 Å². The van der Waals surface area contributed by atoms with Gasteiger partial charge in [-0.15, -0.1) is 0 Å². The zero-order valence-electron chi connectivity index (χ0n) is 17.3. The number of nitrogens with zero attached hydrogens (tertiary/aromatic N) is 2. The molecule has 0 bridgehead atoms. The fourth-order valence-corrected chi connectivity index (χ4v) is 4.02. The Hall–Kier alpha value is -2.70. The van der Waals surface area contributed by atoms with E-state index in [4.69, 9.17) is 4.74 Å². The lowest BCUT2D eigenvalue weighted by molar-refractivity contribution is -0.129. The minimum Gasteiger partial charge on any atom is -0.379 e. The van der Waals surface area contributed by atoms with E-state index in [2.05, 4.69) is 34.5 Å². The van der Waals surface area contributed by atoms with Gasteiger partial charge in [-0.2, -0.15) is 0 Å². The zero-order valence-corrected chi connectivity index (χ0v) is 17.3. The summed E-state index contributed by atoms with van der Waals surface area (Å²) in [6.45, 7) is 6.01. The van der Waals surface area contributed by atoms with Gasteiger partial charge in [-0.25, -0.2) is 0 Å². The van der Waals surface area contributed by atoms with Crippen molar-refractivity contribution in [2.24, 2.45) is 5.92 Å². The maximum atomic E-state index is 12.6. The number of likely N-dealkylation sites (tertiary alicyclic amines) is 1. The van der Waals surface area contributed by atoms with Gasteiger partial charge in [0, 0.05) is 45.7 Å². The number of amides is 2. The summed E-state index contributed by atoms with van der Waals surface area (Å²) < 4.78 is 5.39. The first-order chi connectivity index (χ1) is 14.7. The maximum Gasteiger partial charge on any atom is 0.225 e. The van der Waals surface area contributed by atoms with Crippen molar-refractivity contribution in [3.8, 4) is 0 Å². The van der Waals surface area contributed by atoms with Crippen molar-refractivity contribution in [3.63, 3.8) is 0 Å². The molecular formula is C24H29N3O3. The molecule has 2 heterocycles. The minimum absolute atomic E-state index is 0.0451. The fourth-order valence-electron chi connectivity index (χ4n) is 4.02. The van der Waals surface area contributed by atoms with Crippen molar-refractivity contribution < 1.29 is 14.3 Å². The second-order valence-corrected chi connectivity index (χ2v) is 8.08. The van der Waals surface area contributed by atoms with Crippen LogP contribution in [0.25, 0.3) is 0 Å². The van der Waals surface area contributed by atoms with Crippen molar-refractivity contribution >= 4 is 11.8 Å². The molecule has 1 atom stereocenters. The summed E-state index contributed by atoms with van der Waals surface area (Å²) in [7, 11) is 0. The van der Waals surface area contributed by atoms with Crippen LogP contribution in [-0.2, 0) is 34.0 Å². The summed E-state index contributed by atoms with van der Waals surface area (Å²) in [4.78, 5) is 29.1. The van der Waals surface area contributed by atoms with Gasteiger partial charge in [0.05, 0.1) is 19.1 Å². The molecule has 2 aromatic rings. The smallest absolute Gasteiger partial charge is 0.225 e. The molecule has 30 heavy (non-hydrogen) atoms. The quantitative estimate of drug-likeness (QED) is 0.764. The van der Waals surface area contributed by atoms with Crippen LogP contribution >= 0.6 is 0 Å². The number of carbonyl (C=O) groups excluding carboxylic acids is 2. The number of benzene rings is 2. The lowest BCUT2D eigenvalue weighted by Gasteiger charge is -2.26. The van der Waals surface area contributed by atoms with Gasteiger partial charge >= 0.3 is 0 Å². The molecule has 1 N–H and O–H groups in total. The summed E-state index contributed by atoms with van der Waals surface area (Å²) in [5.41, 5.74) is 3.42. The van der Waals surface area contributed by atoms with Crippen LogP contribution < -0.4 is 5.32 Å². The van der Waals surface area contributed by atoms with Gasteiger partial charge in [0.2, 0.25) is 11.8 Å². The number of ether oxygens (including phenoxy) is 1. The maximum absolute atomic E-state index is 12.6. The van der Waals surface area contributed by atoms with Crippen LogP contribution in [0.15, 0.2) is 54.6 Å². The number of hydrogen-bond donors (Lipinski definition) is 1. The lowest BCUT2D eigenvalue weighted by Crippen LogP contribution is -2.35. The average Bonchev–Trinajstić information content (AvgIpc) is 3.15. The second kappa shape index (κ2) is 9.87. The molecule has 0 saturated carbocycles. The van der Waals surface area contributed by atoms with Gasteiger partial charge in [-0.1, -0.05) is 54.6 Å². The average molecular weight is 408 g/mol. The Kier molecular flexibility index (Phi) is 6.77. The Bertz CT molecular complexity index is 848. The molecule has 0 aliphatic carbocycles. The van der Waals surface area contributed by atoms with E-state index in [-0.39, 0.29) is 24.2 Å². The number of hydrogen-bond acceptors (Lipinski definition) is 4. The highest BCUT2D eigenvalue weighted by atomic mass is 16.5. The first-order valence-corrected chi connectivity index (χ1v) is 10.6. The molecule has 6 nitrogen and oxygen atoms in total. The summed E-state index contributed by atoms with van der Waals surface area (Å²) in [6.07, 6.45) is 0.289. The van der Waals surface area contributed by atoms with Crippen LogP contribution in [0.1, 0.15) is 23.1 Å². The van der Waals surface area contributed by atoms with Gasteiger partial charge in [0.25, 0.3) is 0 Å². The number of carbonyl (C=O) groups is 2. The highest BCUT2D eigenvalue weighted by Gasteiger charge is 2.34. The predicted octanol–water partition coefficient (Wildman–Crippen LogP) is 2.18. The second-order valence-electron chi connectivity index (χ2n) is 8.08. The van der Waals surface area contributed by atoms with Gasteiger partial charge in [-0.05, 0) is 16.7 Å². The number of morpholine rings is 1. The Morgan fingerprint density at radius 2 is 1.60 bits per heavy atom. The third-order valence-electron chi connectivity index (χ3n) is 5.80. The molecule has 0 unspecified atom stereocenters. The minimum atomic E-state index is -0.276. The zero-order chi connectivity index (χ0) is 20.8. The Morgan fingerprint density at radius 1 is 0.933 bits per heavy atom. The van der Waals surface area contributed by atoms with Crippen molar-refractivity contribution in [1.82, 2.24) is 15.1 Å². The van der Waals surface area contributed by atoms with E-state index in [1.165, 1.54) is 5.56 Å². The van der Waals surface area contributed by atoms with Crippen LogP contribution in [0.2, 0.25) is 0 Å². The van der Waals surface area contributed by atoms with Gasteiger partial charge in [0.15, 0.2) is 0 Å². The van der Waals surface area contributed by atoms with Crippen molar-refractivity contribution in [1.29, 1.82) is 0 Å². The molecule has 0 spiro atoms. The van der Waals surface area contributed by atoms with Crippen molar-refractivity contribution in [3.05, 3.63) is 71.3 Å². The first-order valence-electron chi connectivity index (χ1n) is 10.6. The highest BCUT2D eigenvalue weighted by Crippen LogP contribution is 2.20. The van der Waals surface area contributed by atoms with Crippen LogP contribution in [-0.4, -0.2) is 54.5 Å². The first kappa shape index (κ1) is 20.6. The number of nitrogens with one attached hydrogen (secondary N) is 1. The summed E-state index contributed by atoms with van der Waals surface area (Å²) >= 11 is 0. The third kappa shape index (κ3) is 5.46. The van der Waals surface area contributed by atoms with E-state index in [1.807, 2.05) is 30.3 Å². The number of rotatable bonds is 7. The molecule has 2 amide bonds. The summed E-state index contributed by atoms with van der Waals surface area (Å²) in [6, 6.07) is 18.3. The van der Waals surface area contributed by atoms with Gasteiger partial charge in [-0.3, -0.25) is 14.5 Å². The fraction of sp³-hybridized carbons (Fsp3) is 0.417. The van der Waals surface area contributed by atoms with E-state index in [1.54, 1.807) is 4.90 Å². The molecule has 0 radical (unpaired) electrons. The lowest BCUT2D eigenvalue weighted by atomic mass is 10.1. The van der Waals surface area contributed by atoms with Crippen LogP contribution in [0.4, 0.5) is 0 Å². The molecule has 158 valence electrons. The summed E-state index contributed by atoms with van der Waals surface area (Å²) in [5, 5.41) is 3.00. The molecule has 2 aliphatic rings. The molecular weight excluding hydrogens is 378 g/mol. The van der Waals surface area contributed by atoms with Crippen molar-refractivity contribution in [2.75, 3.05) is 32.8 Å². The van der Waals surface area contributed by atoms with E-state index in [9.17, 15) is 9.59 Å². The molecule has 0 aromatic heterocycles. The normalized spacial score (nSPS) is 19.8. The Labute approximate surface area is 177 Å². The molecule has 2 aliphatic heterocycles. The standard InChI is InChI=1S/C24H29N3O3/c28-23-14-22(18-27(23)17-20-4-2-1-3-5-20)24(29)25-15-19-6-8-21(9-7-19)16-26-10-12-30-13-11-26/h1-9,22H,10-18H2,(H,25,29)/t22-/m1/s1. The summed E-state index contributed by atoms with van der Waals surface area (Å²) in [5.74, 6) is -0.274. The van der Waals surface area contributed by atoms with E-state index < -0.39 is 0 Å². The molecule has 2 fully saturated rings. The van der Waals surface area contributed by atoms with E-state index in [0.29, 0.717) is 19.6 Å². The van der Waals surface area contributed by atoms with Gasteiger partial charge < -0.3 is 15.0 Å². The highest BCUT2D eigenvalue weighted by molar-refractivity contribution is 5.89.